The number of aliphatic hydroxyl groups is 1. The average Bonchev–Trinajstić information content (AvgIpc) is 2.46. The molecule has 0 aliphatic carbocycles. The van der Waals surface area contributed by atoms with Crippen molar-refractivity contribution in [3.8, 4) is 0 Å². The van der Waals surface area contributed by atoms with Gasteiger partial charge >= 0.3 is 0 Å². The number of nitrogens with zero attached hydrogens (tertiary/aromatic N) is 3. The third-order valence-electron chi connectivity index (χ3n) is 4.61. The predicted octanol–water partition coefficient (Wildman–Crippen LogP) is 0.484. The van der Waals surface area contributed by atoms with Crippen LogP contribution in [0, 0.1) is 0 Å². The van der Waals surface area contributed by atoms with Crippen LogP contribution in [0.2, 0.25) is 0 Å². The molecule has 2 heterocycles. The Labute approximate surface area is 129 Å². The average molecular weight is 299 g/mol. The fourth-order valence-corrected chi connectivity index (χ4v) is 3.40. The highest BCUT2D eigenvalue weighted by Crippen LogP contribution is 2.16. The van der Waals surface area contributed by atoms with E-state index in [9.17, 15) is 5.11 Å². The van der Waals surface area contributed by atoms with Crippen LogP contribution in [0.1, 0.15) is 26.7 Å². The minimum Gasteiger partial charge on any atom is -0.389 e. The number of hydrogen-bond donors (Lipinski definition) is 1. The number of piperazine rings is 1. The summed E-state index contributed by atoms with van der Waals surface area (Å²) in [5, 5.41) is 10.0. The monoisotopic (exact) mass is 299 g/mol. The molecule has 5 heteroatoms. The minimum atomic E-state index is -0.361. The largest absolute Gasteiger partial charge is 0.389 e. The minimum absolute atomic E-state index is 0.194. The third kappa shape index (κ3) is 5.83. The first-order valence-electron chi connectivity index (χ1n) is 8.49. The number of likely N-dealkylation sites (N-methyl/N-ethyl adjacent to an activating group) is 1. The van der Waals surface area contributed by atoms with Crippen LogP contribution in [0.3, 0.4) is 0 Å². The van der Waals surface area contributed by atoms with Crippen molar-refractivity contribution < 1.29 is 9.84 Å². The van der Waals surface area contributed by atoms with Gasteiger partial charge < -0.3 is 14.7 Å². The molecule has 5 nitrogen and oxygen atoms in total. The lowest BCUT2D eigenvalue weighted by Crippen LogP contribution is -2.55. The molecule has 2 aliphatic heterocycles. The van der Waals surface area contributed by atoms with Crippen molar-refractivity contribution in [3.63, 3.8) is 0 Å². The molecule has 124 valence electrons. The van der Waals surface area contributed by atoms with Crippen LogP contribution in [0.15, 0.2) is 0 Å². The summed E-state index contributed by atoms with van der Waals surface area (Å²) in [7, 11) is 2.23. The summed E-state index contributed by atoms with van der Waals surface area (Å²) in [5.41, 5.74) is 0. The molecule has 0 bridgehead atoms. The third-order valence-corrected chi connectivity index (χ3v) is 4.61. The molecule has 21 heavy (non-hydrogen) atoms. The van der Waals surface area contributed by atoms with Crippen molar-refractivity contribution in [2.45, 2.75) is 44.9 Å². The zero-order valence-electron chi connectivity index (χ0n) is 14.0. The SMILES string of the molecule is CC(C)OCC(O)CN1CCN(C2CCCN(C)C2)CC1. The van der Waals surface area contributed by atoms with Gasteiger partial charge in [-0.2, -0.15) is 0 Å². The first-order chi connectivity index (χ1) is 10.0. The van der Waals surface area contributed by atoms with Crippen LogP contribution in [-0.4, -0.2) is 97.5 Å². The van der Waals surface area contributed by atoms with Gasteiger partial charge in [0.2, 0.25) is 0 Å². The van der Waals surface area contributed by atoms with E-state index in [2.05, 4.69) is 21.7 Å². The molecule has 2 rings (SSSR count). The number of likely N-dealkylation sites (tertiary alicyclic amines) is 1. The van der Waals surface area contributed by atoms with Crippen molar-refractivity contribution in [1.29, 1.82) is 0 Å². The molecule has 0 saturated carbocycles. The summed E-state index contributed by atoms with van der Waals surface area (Å²) in [6.45, 7) is 12.1. The maximum Gasteiger partial charge on any atom is 0.0900 e. The first-order valence-corrected chi connectivity index (χ1v) is 8.49. The van der Waals surface area contributed by atoms with Gasteiger partial charge in [0, 0.05) is 45.3 Å². The van der Waals surface area contributed by atoms with E-state index in [4.69, 9.17) is 4.74 Å². The predicted molar refractivity (Wildman–Crippen MR) is 85.6 cm³/mol. The molecule has 1 N–H and O–H groups in total. The Morgan fingerprint density at radius 2 is 1.86 bits per heavy atom. The lowest BCUT2D eigenvalue weighted by Gasteiger charge is -2.43. The molecule has 2 fully saturated rings. The molecule has 0 aromatic heterocycles. The Bertz CT molecular complexity index is 293. The van der Waals surface area contributed by atoms with Gasteiger partial charge in [-0.05, 0) is 40.3 Å². The molecule has 0 spiro atoms. The van der Waals surface area contributed by atoms with Crippen LogP contribution < -0.4 is 0 Å². The van der Waals surface area contributed by atoms with Crippen LogP contribution >= 0.6 is 0 Å². The maximum absolute atomic E-state index is 10.0. The quantitative estimate of drug-likeness (QED) is 0.773. The lowest BCUT2D eigenvalue weighted by molar-refractivity contribution is -0.0189. The second-order valence-corrected chi connectivity index (χ2v) is 6.93. The van der Waals surface area contributed by atoms with Crippen molar-refractivity contribution in [3.05, 3.63) is 0 Å². The Hall–Kier alpha value is -0.200. The van der Waals surface area contributed by atoms with Crippen molar-refractivity contribution in [2.75, 3.05) is 59.5 Å². The second-order valence-electron chi connectivity index (χ2n) is 6.93. The van der Waals surface area contributed by atoms with Gasteiger partial charge in [0.05, 0.1) is 18.8 Å². The van der Waals surface area contributed by atoms with E-state index >= 15 is 0 Å². The van der Waals surface area contributed by atoms with E-state index in [0.717, 1.165) is 38.8 Å². The van der Waals surface area contributed by atoms with E-state index in [0.29, 0.717) is 6.61 Å². The Kier molecular flexibility index (Phi) is 6.89. The molecular weight excluding hydrogens is 266 g/mol. The summed E-state index contributed by atoms with van der Waals surface area (Å²) in [6.07, 6.45) is 2.50. The summed E-state index contributed by atoms with van der Waals surface area (Å²) in [5.74, 6) is 0. The van der Waals surface area contributed by atoms with E-state index in [-0.39, 0.29) is 12.2 Å². The Morgan fingerprint density at radius 3 is 2.48 bits per heavy atom. The van der Waals surface area contributed by atoms with E-state index in [1.807, 2.05) is 13.8 Å². The lowest BCUT2D eigenvalue weighted by atomic mass is 10.0. The van der Waals surface area contributed by atoms with Crippen molar-refractivity contribution in [2.24, 2.45) is 0 Å². The fourth-order valence-electron chi connectivity index (χ4n) is 3.40. The normalized spacial score (nSPS) is 28.1. The number of hydrogen-bond acceptors (Lipinski definition) is 5. The van der Waals surface area contributed by atoms with Crippen LogP contribution in [0.4, 0.5) is 0 Å². The molecule has 2 atom stereocenters. The number of β-amino-alcohol motifs (C(OH)–C–C–N with tert-alkyl or cyclic N) is 1. The standard InChI is InChI=1S/C16H33N3O2/c1-14(2)21-13-16(20)12-18-7-9-19(10-8-18)15-5-4-6-17(3)11-15/h14-16,20H,4-13H2,1-3H3. The molecule has 0 aromatic rings. The highest BCUT2D eigenvalue weighted by Gasteiger charge is 2.27. The van der Waals surface area contributed by atoms with Crippen LogP contribution in [0.5, 0.6) is 0 Å². The number of ether oxygens (including phenoxy) is 1. The summed E-state index contributed by atoms with van der Waals surface area (Å²) in [4.78, 5) is 7.47. The molecule has 2 saturated heterocycles. The van der Waals surface area contributed by atoms with Gasteiger partial charge in [-0.25, -0.2) is 0 Å². The maximum atomic E-state index is 10.0. The molecule has 0 radical (unpaired) electrons. The van der Waals surface area contributed by atoms with Crippen molar-refractivity contribution >= 4 is 0 Å². The van der Waals surface area contributed by atoms with Gasteiger partial charge in [-0.15, -0.1) is 0 Å². The molecular formula is C16H33N3O2. The van der Waals surface area contributed by atoms with Gasteiger partial charge in [0.25, 0.3) is 0 Å². The topological polar surface area (TPSA) is 39.2 Å². The van der Waals surface area contributed by atoms with Crippen LogP contribution in [0.25, 0.3) is 0 Å². The zero-order chi connectivity index (χ0) is 15.2. The Morgan fingerprint density at radius 1 is 1.14 bits per heavy atom. The number of piperidine rings is 1. The molecule has 2 aliphatic rings. The molecule has 0 amide bonds. The second kappa shape index (κ2) is 8.44. The smallest absolute Gasteiger partial charge is 0.0900 e. The highest BCUT2D eigenvalue weighted by molar-refractivity contribution is 4.83. The van der Waals surface area contributed by atoms with E-state index in [1.165, 1.54) is 25.9 Å². The first kappa shape index (κ1) is 17.2. The van der Waals surface area contributed by atoms with Gasteiger partial charge in [0.15, 0.2) is 0 Å². The van der Waals surface area contributed by atoms with Crippen molar-refractivity contribution in [1.82, 2.24) is 14.7 Å². The Balaban J connectivity index is 1.65. The summed E-state index contributed by atoms with van der Waals surface area (Å²) < 4.78 is 5.48. The van der Waals surface area contributed by atoms with E-state index < -0.39 is 0 Å². The number of aliphatic hydroxyl groups excluding tert-OH is 1. The van der Waals surface area contributed by atoms with Gasteiger partial charge in [-0.3, -0.25) is 9.80 Å². The summed E-state index contributed by atoms with van der Waals surface area (Å²) in [6, 6.07) is 0.736. The fraction of sp³-hybridized carbons (Fsp3) is 1.00. The zero-order valence-corrected chi connectivity index (χ0v) is 14.0. The highest BCUT2D eigenvalue weighted by atomic mass is 16.5. The molecule has 2 unspecified atom stereocenters. The molecule has 0 aromatic carbocycles. The van der Waals surface area contributed by atoms with Gasteiger partial charge in [-0.1, -0.05) is 0 Å². The number of rotatable bonds is 6. The summed E-state index contributed by atoms with van der Waals surface area (Å²) >= 11 is 0. The van der Waals surface area contributed by atoms with Gasteiger partial charge in [0.1, 0.15) is 0 Å². The van der Waals surface area contributed by atoms with E-state index in [1.54, 1.807) is 0 Å². The van der Waals surface area contributed by atoms with Crippen LogP contribution in [-0.2, 0) is 4.74 Å².